The van der Waals surface area contributed by atoms with Crippen molar-refractivity contribution >= 4 is 57.2 Å². The van der Waals surface area contributed by atoms with Crippen LogP contribution in [0.15, 0.2) is 51.3 Å². The van der Waals surface area contributed by atoms with Crippen LogP contribution in [0.4, 0.5) is 11.4 Å². The lowest BCUT2D eigenvalue weighted by Gasteiger charge is -2.16. The third-order valence-electron chi connectivity index (χ3n) is 3.01. The molecule has 4 nitrogen and oxygen atoms in total. The highest BCUT2D eigenvalue weighted by Crippen LogP contribution is 2.38. The first-order chi connectivity index (χ1) is 10.6. The van der Waals surface area contributed by atoms with Gasteiger partial charge in [-0.2, -0.15) is 9.98 Å². The van der Waals surface area contributed by atoms with E-state index in [0.717, 1.165) is 5.56 Å². The van der Waals surface area contributed by atoms with Gasteiger partial charge in [-0.05, 0) is 71.8 Å². The minimum atomic E-state index is -2.40. The molecular weight excluding hydrogens is 336 g/mol. The third kappa shape index (κ3) is 3.48. The van der Waals surface area contributed by atoms with Gasteiger partial charge >= 0.3 is 0 Å². The van der Waals surface area contributed by atoms with E-state index in [9.17, 15) is 8.76 Å². The van der Waals surface area contributed by atoms with Crippen LogP contribution in [0.1, 0.15) is 5.56 Å². The third-order valence-corrected chi connectivity index (χ3v) is 3.89. The number of rotatable bonds is 4. The smallest absolute Gasteiger partial charge is 0.0858 e. The fourth-order valence-corrected chi connectivity index (χ4v) is 2.80. The largest absolute Gasteiger partial charge is 0.768 e. The number of hydrogen-bond donors (Lipinski definition) is 0. The molecule has 2 rings (SSSR count). The molecule has 2 aromatic rings. The van der Waals surface area contributed by atoms with E-state index in [1.165, 1.54) is 0 Å². The van der Waals surface area contributed by atoms with Crippen molar-refractivity contribution in [3.8, 4) is 11.1 Å². The van der Waals surface area contributed by atoms with Crippen molar-refractivity contribution in [3.63, 3.8) is 0 Å². The Bertz CT molecular complexity index is 835. The Balaban J connectivity index is 2.75. The van der Waals surface area contributed by atoms with Crippen LogP contribution < -0.4 is 0 Å². The number of aryl methyl sites for hydroxylation is 1. The summed E-state index contributed by atoms with van der Waals surface area (Å²) in [5, 5.41) is 4.58. The molecule has 0 amide bonds. The Morgan fingerprint density at radius 3 is 2.23 bits per heavy atom. The van der Waals surface area contributed by atoms with Gasteiger partial charge in [0.1, 0.15) is 0 Å². The molecule has 0 heterocycles. The maximum Gasteiger partial charge on any atom is 0.0858 e. The fraction of sp³-hybridized carbons (Fsp3) is 0.0667. The summed E-state index contributed by atoms with van der Waals surface area (Å²) in [5.74, 6) is 0. The molecule has 0 aliphatic carbocycles. The van der Waals surface area contributed by atoms with Gasteiger partial charge in [-0.3, -0.25) is 4.21 Å². The summed E-state index contributed by atoms with van der Waals surface area (Å²) in [7, 11) is 0. The highest BCUT2D eigenvalue weighted by atomic mass is 32.2. The van der Waals surface area contributed by atoms with Gasteiger partial charge in [-0.25, -0.2) is 0 Å². The zero-order valence-electron chi connectivity index (χ0n) is 11.4. The van der Waals surface area contributed by atoms with E-state index in [0.29, 0.717) is 22.5 Å². The second-order valence-corrected chi connectivity index (χ2v) is 5.57. The maximum atomic E-state index is 11.5. The Hall–Kier alpha value is -1.85. The minimum absolute atomic E-state index is 0.153. The van der Waals surface area contributed by atoms with E-state index in [1.807, 2.05) is 6.92 Å². The predicted octanol–water partition coefficient (Wildman–Crippen LogP) is 4.37. The normalized spacial score (nSPS) is 11.2. The average Bonchev–Trinajstić information content (AvgIpc) is 2.50. The molecule has 0 aliphatic heterocycles. The molecule has 1 unspecified atom stereocenters. The molecule has 0 aromatic heterocycles. The predicted molar refractivity (Wildman–Crippen MR) is 93.2 cm³/mol. The molecule has 0 bridgehead atoms. The maximum absolute atomic E-state index is 11.5. The van der Waals surface area contributed by atoms with Crippen molar-refractivity contribution in [2.45, 2.75) is 11.8 Å². The number of nitrogens with zero attached hydrogens (tertiary/aromatic N) is 2. The van der Waals surface area contributed by atoms with Crippen LogP contribution in [0.2, 0.25) is 0 Å². The van der Waals surface area contributed by atoms with E-state index < -0.39 is 11.1 Å². The fourth-order valence-electron chi connectivity index (χ4n) is 2.04. The number of isothiocyanates is 2. The van der Waals surface area contributed by atoms with Crippen molar-refractivity contribution in [2.75, 3.05) is 0 Å². The summed E-state index contributed by atoms with van der Waals surface area (Å²) >= 11 is 6.82. The Kier molecular flexibility index (Phi) is 5.57. The first-order valence-electron chi connectivity index (χ1n) is 6.07. The first-order valence-corrected chi connectivity index (χ1v) is 7.96. The SMILES string of the molecule is Cc1ccc(S(=O)[O-])c(-c2ccc(N=C=S)cc2)c1N=C=S. The van der Waals surface area contributed by atoms with Crippen LogP contribution in [-0.4, -0.2) is 19.1 Å². The lowest BCUT2D eigenvalue weighted by Crippen LogP contribution is -1.95. The van der Waals surface area contributed by atoms with E-state index in [1.54, 1.807) is 36.4 Å². The Labute approximate surface area is 140 Å². The number of benzene rings is 2. The molecule has 0 aliphatic rings. The number of thiocarbonyl (C=S) groups is 2. The second kappa shape index (κ2) is 7.42. The summed E-state index contributed by atoms with van der Waals surface area (Å²) < 4.78 is 23.0. The molecular formula is C15H9N2O2S3-. The van der Waals surface area contributed by atoms with Gasteiger partial charge in [0, 0.05) is 10.5 Å². The summed E-state index contributed by atoms with van der Waals surface area (Å²) in [5.41, 5.74) is 3.11. The Morgan fingerprint density at radius 1 is 1.05 bits per heavy atom. The summed E-state index contributed by atoms with van der Waals surface area (Å²) in [6.45, 7) is 1.83. The molecule has 0 saturated heterocycles. The van der Waals surface area contributed by atoms with Crippen LogP contribution in [0.5, 0.6) is 0 Å². The van der Waals surface area contributed by atoms with Crippen molar-refractivity contribution in [1.82, 2.24) is 0 Å². The van der Waals surface area contributed by atoms with E-state index in [-0.39, 0.29) is 4.90 Å². The molecule has 0 fully saturated rings. The molecule has 2 aromatic carbocycles. The number of hydrogen-bond acceptors (Lipinski definition) is 6. The Morgan fingerprint density at radius 2 is 1.68 bits per heavy atom. The first kappa shape index (κ1) is 16.5. The van der Waals surface area contributed by atoms with Crippen molar-refractivity contribution in [2.24, 2.45) is 9.98 Å². The topological polar surface area (TPSA) is 64.8 Å². The van der Waals surface area contributed by atoms with Gasteiger partial charge in [-0.1, -0.05) is 18.2 Å². The van der Waals surface area contributed by atoms with Gasteiger partial charge in [0.2, 0.25) is 0 Å². The lowest BCUT2D eigenvalue weighted by molar-refractivity contribution is 0.537. The molecule has 22 heavy (non-hydrogen) atoms. The summed E-state index contributed by atoms with van der Waals surface area (Å²) in [4.78, 5) is 8.04. The molecule has 110 valence electrons. The molecule has 0 spiro atoms. The van der Waals surface area contributed by atoms with Crippen LogP contribution in [0.3, 0.4) is 0 Å². The van der Waals surface area contributed by atoms with E-state index >= 15 is 0 Å². The van der Waals surface area contributed by atoms with Gasteiger partial charge in [-0.15, -0.1) is 0 Å². The molecule has 0 radical (unpaired) electrons. The zero-order chi connectivity index (χ0) is 16.1. The molecule has 0 N–H and O–H groups in total. The van der Waals surface area contributed by atoms with Crippen LogP contribution >= 0.6 is 24.4 Å². The quantitative estimate of drug-likeness (QED) is 0.469. The monoisotopic (exact) mass is 345 g/mol. The molecule has 0 saturated carbocycles. The lowest BCUT2D eigenvalue weighted by atomic mass is 10.0. The van der Waals surface area contributed by atoms with Crippen LogP contribution in [-0.2, 0) is 11.1 Å². The van der Waals surface area contributed by atoms with Crippen LogP contribution in [0, 0.1) is 6.92 Å². The number of aliphatic imine (C=N–C) groups is 2. The highest BCUT2D eigenvalue weighted by molar-refractivity contribution is 7.79. The van der Waals surface area contributed by atoms with Crippen LogP contribution in [0.25, 0.3) is 11.1 Å². The van der Waals surface area contributed by atoms with Gasteiger partial charge < -0.3 is 4.55 Å². The zero-order valence-corrected chi connectivity index (χ0v) is 13.8. The van der Waals surface area contributed by atoms with Gasteiger partial charge in [0.15, 0.2) is 0 Å². The minimum Gasteiger partial charge on any atom is -0.768 e. The molecule has 7 heteroatoms. The van der Waals surface area contributed by atoms with Crippen molar-refractivity contribution < 1.29 is 8.76 Å². The standard InChI is InChI=1S/C15H10N2O2S3/c1-10-2-7-13(22(18)19)14(15(10)17-9-21)11-3-5-12(6-4-11)16-8-20/h2-7H,1H3,(H,18,19)/p-1. The molecule has 1 atom stereocenters. The van der Waals surface area contributed by atoms with Crippen molar-refractivity contribution in [1.29, 1.82) is 0 Å². The summed E-state index contributed by atoms with van der Waals surface area (Å²) in [6.07, 6.45) is 0. The average molecular weight is 345 g/mol. The second-order valence-electron chi connectivity index (χ2n) is 4.29. The highest BCUT2D eigenvalue weighted by Gasteiger charge is 2.13. The van der Waals surface area contributed by atoms with Gasteiger partial charge in [0.25, 0.3) is 0 Å². The van der Waals surface area contributed by atoms with E-state index in [2.05, 4.69) is 44.7 Å². The van der Waals surface area contributed by atoms with Gasteiger partial charge in [0.05, 0.1) is 21.7 Å². The van der Waals surface area contributed by atoms with Crippen molar-refractivity contribution in [3.05, 3.63) is 42.0 Å². The summed E-state index contributed by atoms with van der Waals surface area (Å²) in [6, 6.07) is 10.2. The van der Waals surface area contributed by atoms with E-state index in [4.69, 9.17) is 0 Å².